The van der Waals surface area contributed by atoms with Crippen LogP contribution in [-0.4, -0.2) is 81.7 Å². The Morgan fingerprint density at radius 2 is 2.00 bits per heavy atom. The fourth-order valence-corrected chi connectivity index (χ4v) is 6.15. The number of rotatable bonds is 7. The largest absolute Gasteiger partial charge is 0.372 e. The van der Waals surface area contributed by atoms with Gasteiger partial charge in [-0.15, -0.1) is 0 Å². The number of hydrogen-bond donors (Lipinski definition) is 1. The third kappa shape index (κ3) is 4.66. The molecule has 0 aromatic carbocycles. The molecular weight excluding hydrogens is 438 g/mol. The van der Waals surface area contributed by atoms with E-state index in [1.165, 1.54) is 6.42 Å². The van der Waals surface area contributed by atoms with Crippen LogP contribution in [0.3, 0.4) is 0 Å². The Labute approximate surface area is 200 Å². The third-order valence-electron chi connectivity index (χ3n) is 8.06. The fourth-order valence-electron chi connectivity index (χ4n) is 6.15. The minimum absolute atomic E-state index is 0.0138. The van der Waals surface area contributed by atoms with Crippen molar-refractivity contribution in [3.8, 4) is 0 Å². The lowest BCUT2D eigenvalue weighted by Gasteiger charge is -2.45. The smallest absolute Gasteiger partial charge is 0.262 e. The molecule has 3 fully saturated rings. The Morgan fingerprint density at radius 1 is 1.21 bits per heavy atom. The van der Waals surface area contributed by atoms with Gasteiger partial charge in [-0.05, 0) is 63.7 Å². The monoisotopic (exact) mass is 476 g/mol. The van der Waals surface area contributed by atoms with E-state index in [2.05, 4.69) is 43.5 Å². The van der Waals surface area contributed by atoms with Gasteiger partial charge in [0.1, 0.15) is 24.0 Å². The third-order valence-corrected chi connectivity index (χ3v) is 8.06. The van der Waals surface area contributed by atoms with E-state index < -0.39 is 11.5 Å². The fraction of sp³-hybridized carbons (Fsp3) is 0.760. The molecule has 2 aromatic heterocycles. The maximum absolute atomic E-state index is 14.7. The second-order valence-corrected chi connectivity index (χ2v) is 10.9. The quantitative estimate of drug-likeness (QED) is 0.640. The Kier molecular flexibility index (Phi) is 6.54. The average molecular weight is 477 g/mol. The molecular formula is C25H38F2N6O. The second-order valence-electron chi connectivity index (χ2n) is 10.9. The summed E-state index contributed by atoms with van der Waals surface area (Å²) >= 11 is 0. The SMILES string of the molecule is CNc1ncnc2c1ccn2C1CCC(CN2CC(F)(F)CC23CCN(CCC(C)C)CC3)O1. The Balaban J connectivity index is 1.24. The molecule has 1 N–H and O–H groups in total. The number of halogens is 2. The molecule has 0 aliphatic carbocycles. The maximum Gasteiger partial charge on any atom is 0.262 e. The summed E-state index contributed by atoms with van der Waals surface area (Å²) in [4.78, 5) is 13.3. The number of nitrogens with one attached hydrogen (secondary N) is 1. The highest BCUT2D eigenvalue weighted by atomic mass is 19.3. The molecule has 188 valence electrons. The van der Waals surface area contributed by atoms with Crippen molar-refractivity contribution in [1.29, 1.82) is 0 Å². The standard InChI is InChI=1S/C25H38F2N6O/c1-18(2)6-10-31-12-8-24(9-13-31)15-25(26,27)16-32(24)14-19-4-5-21(34-19)33-11-7-20-22(28-3)29-17-30-23(20)33/h7,11,17-19,21H,4-6,8-10,12-16H2,1-3H3,(H,28,29,30). The van der Waals surface area contributed by atoms with Crippen LogP contribution in [0.2, 0.25) is 0 Å². The van der Waals surface area contributed by atoms with Crippen molar-refractivity contribution in [3.05, 3.63) is 18.6 Å². The topological polar surface area (TPSA) is 58.5 Å². The van der Waals surface area contributed by atoms with Crippen molar-refractivity contribution in [2.24, 2.45) is 5.92 Å². The lowest BCUT2D eigenvalue weighted by molar-refractivity contribution is -0.0354. The van der Waals surface area contributed by atoms with Gasteiger partial charge >= 0.3 is 0 Å². The van der Waals surface area contributed by atoms with Gasteiger partial charge < -0.3 is 19.5 Å². The Morgan fingerprint density at radius 3 is 2.74 bits per heavy atom. The zero-order valence-corrected chi connectivity index (χ0v) is 20.6. The summed E-state index contributed by atoms with van der Waals surface area (Å²) in [7, 11) is 1.84. The van der Waals surface area contributed by atoms with Crippen molar-refractivity contribution >= 4 is 16.9 Å². The predicted molar refractivity (Wildman–Crippen MR) is 129 cm³/mol. The van der Waals surface area contributed by atoms with E-state index in [0.717, 1.165) is 62.2 Å². The molecule has 34 heavy (non-hydrogen) atoms. The lowest BCUT2D eigenvalue weighted by atomic mass is 9.84. The van der Waals surface area contributed by atoms with Gasteiger partial charge in [-0.3, -0.25) is 4.90 Å². The van der Waals surface area contributed by atoms with Gasteiger partial charge in [-0.25, -0.2) is 18.7 Å². The molecule has 2 unspecified atom stereocenters. The number of piperidine rings is 1. The molecule has 2 aromatic rings. The first-order chi connectivity index (χ1) is 16.3. The van der Waals surface area contributed by atoms with Crippen molar-refractivity contribution in [2.75, 3.05) is 45.1 Å². The van der Waals surface area contributed by atoms with Gasteiger partial charge in [0.05, 0.1) is 18.0 Å². The van der Waals surface area contributed by atoms with E-state index in [1.54, 1.807) is 6.33 Å². The molecule has 0 bridgehead atoms. The van der Waals surface area contributed by atoms with E-state index in [1.807, 2.05) is 19.3 Å². The summed E-state index contributed by atoms with van der Waals surface area (Å²) in [6, 6.07) is 2.00. The van der Waals surface area contributed by atoms with Gasteiger partial charge in [0.15, 0.2) is 0 Å². The lowest BCUT2D eigenvalue weighted by Crippen LogP contribution is -2.53. The second kappa shape index (κ2) is 9.32. The molecule has 3 saturated heterocycles. The van der Waals surface area contributed by atoms with Crippen LogP contribution in [0.25, 0.3) is 11.0 Å². The van der Waals surface area contributed by atoms with Crippen molar-refractivity contribution in [3.63, 3.8) is 0 Å². The minimum atomic E-state index is -2.62. The van der Waals surface area contributed by atoms with E-state index in [0.29, 0.717) is 12.5 Å². The number of hydrogen-bond acceptors (Lipinski definition) is 6. The number of fused-ring (bicyclic) bond motifs is 1. The maximum atomic E-state index is 14.7. The molecule has 2 atom stereocenters. The van der Waals surface area contributed by atoms with E-state index >= 15 is 0 Å². The van der Waals surface area contributed by atoms with Crippen LogP contribution >= 0.6 is 0 Å². The number of nitrogens with zero attached hydrogens (tertiary/aromatic N) is 5. The van der Waals surface area contributed by atoms with Crippen LogP contribution in [-0.2, 0) is 4.74 Å². The zero-order chi connectivity index (χ0) is 23.9. The first kappa shape index (κ1) is 23.9. The summed E-state index contributed by atoms with van der Waals surface area (Å²) < 4.78 is 37.8. The molecule has 0 radical (unpaired) electrons. The molecule has 0 saturated carbocycles. The van der Waals surface area contributed by atoms with Crippen LogP contribution in [0, 0.1) is 5.92 Å². The van der Waals surface area contributed by atoms with E-state index in [4.69, 9.17) is 4.74 Å². The number of anilines is 1. The van der Waals surface area contributed by atoms with Gasteiger partial charge in [-0.2, -0.15) is 0 Å². The molecule has 1 spiro atoms. The summed E-state index contributed by atoms with van der Waals surface area (Å²) in [5, 5.41) is 4.06. The summed E-state index contributed by atoms with van der Waals surface area (Å²) in [5.41, 5.74) is 0.442. The zero-order valence-electron chi connectivity index (χ0n) is 20.6. The minimum Gasteiger partial charge on any atom is -0.372 e. The number of aromatic nitrogens is 3. The normalized spacial score (nSPS) is 27.4. The number of likely N-dealkylation sites (tertiary alicyclic amines) is 2. The highest BCUT2D eigenvalue weighted by Gasteiger charge is 2.55. The molecule has 3 aliphatic heterocycles. The van der Waals surface area contributed by atoms with Crippen molar-refractivity contribution < 1.29 is 13.5 Å². The van der Waals surface area contributed by atoms with Gasteiger partial charge in [0.25, 0.3) is 5.92 Å². The summed E-state index contributed by atoms with van der Waals surface area (Å²) in [6.07, 6.45) is 7.90. The highest BCUT2D eigenvalue weighted by molar-refractivity contribution is 5.87. The molecule has 7 nitrogen and oxygen atoms in total. The predicted octanol–water partition coefficient (Wildman–Crippen LogP) is 4.37. The van der Waals surface area contributed by atoms with Gasteiger partial charge in [-0.1, -0.05) is 13.8 Å². The summed E-state index contributed by atoms with van der Waals surface area (Å²) in [6.45, 7) is 7.81. The Bertz CT molecular complexity index is 987. The first-order valence-electron chi connectivity index (χ1n) is 12.8. The number of alkyl halides is 2. The Hall–Kier alpha value is -1.84. The summed E-state index contributed by atoms with van der Waals surface area (Å²) in [5.74, 6) is -1.15. The van der Waals surface area contributed by atoms with E-state index in [-0.39, 0.29) is 25.3 Å². The van der Waals surface area contributed by atoms with Crippen molar-refractivity contribution in [2.45, 2.75) is 76.2 Å². The molecule has 5 rings (SSSR count). The molecule has 3 aliphatic rings. The van der Waals surface area contributed by atoms with Crippen LogP contribution in [0.15, 0.2) is 18.6 Å². The highest BCUT2D eigenvalue weighted by Crippen LogP contribution is 2.46. The first-order valence-corrected chi connectivity index (χ1v) is 12.8. The van der Waals surface area contributed by atoms with Crippen LogP contribution in [0.1, 0.15) is 58.6 Å². The van der Waals surface area contributed by atoms with E-state index in [9.17, 15) is 8.78 Å². The van der Waals surface area contributed by atoms with Crippen LogP contribution < -0.4 is 5.32 Å². The van der Waals surface area contributed by atoms with Crippen molar-refractivity contribution in [1.82, 2.24) is 24.3 Å². The van der Waals surface area contributed by atoms with Gasteiger partial charge in [0.2, 0.25) is 0 Å². The van der Waals surface area contributed by atoms with Crippen LogP contribution in [0.4, 0.5) is 14.6 Å². The van der Waals surface area contributed by atoms with Crippen LogP contribution in [0.5, 0.6) is 0 Å². The molecule has 0 amide bonds. The van der Waals surface area contributed by atoms with Gasteiger partial charge in [0, 0.05) is 31.7 Å². The molecule has 5 heterocycles. The number of ether oxygens (including phenoxy) is 1. The molecule has 9 heteroatoms. The average Bonchev–Trinajstić information content (AvgIpc) is 3.49.